The van der Waals surface area contributed by atoms with Crippen LogP contribution in [-0.2, 0) is 4.79 Å². The van der Waals surface area contributed by atoms with E-state index in [1.807, 2.05) is 53.2 Å². The van der Waals surface area contributed by atoms with E-state index in [0.29, 0.717) is 0 Å². The molecule has 2 aromatic carbocycles. The van der Waals surface area contributed by atoms with Gasteiger partial charge in [-0.1, -0.05) is 80.6 Å². The molecule has 2 heterocycles. The number of carbonyl (C=O) groups is 1. The zero-order valence-corrected chi connectivity index (χ0v) is 18.7. The van der Waals surface area contributed by atoms with E-state index in [4.69, 9.17) is 10.2 Å². The summed E-state index contributed by atoms with van der Waals surface area (Å²) in [6, 6.07) is 18.2. The number of hydrogen-bond acceptors (Lipinski definition) is 4. The van der Waals surface area contributed by atoms with Crippen LogP contribution in [0.5, 0.6) is 0 Å². The molecule has 0 saturated carbocycles. The minimum absolute atomic E-state index is 0.0466. The number of aliphatic carboxylic acids is 1. The van der Waals surface area contributed by atoms with Crippen LogP contribution in [0.4, 0.5) is 0 Å². The van der Waals surface area contributed by atoms with Crippen LogP contribution in [0.2, 0.25) is 0 Å². The third kappa shape index (κ3) is 4.67. The van der Waals surface area contributed by atoms with E-state index < -0.39 is 24.6 Å². The summed E-state index contributed by atoms with van der Waals surface area (Å²) < 4.78 is 1.99. The molecule has 3 N–H and O–H groups in total. The van der Waals surface area contributed by atoms with Crippen molar-refractivity contribution >= 4 is 28.3 Å². The van der Waals surface area contributed by atoms with Gasteiger partial charge in [-0.2, -0.15) is 5.10 Å². The number of hydrogen-bond donors (Lipinski definition) is 3. The molecular weight excluding hydrogens is 416 g/mol. The molecule has 0 aliphatic rings. The molecule has 4 rings (SSSR count). The summed E-state index contributed by atoms with van der Waals surface area (Å²) in [6.45, 7) is 4.22. The van der Waals surface area contributed by atoms with Crippen molar-refractivity contribution in [1.29, 1.82) is 0 Å². The monoisotopic (exact) mass is 444 g/mol. The number of aliphatic hydroxyl groups is 2. The average Bonchev–Trinajstić information content (AvgIpc) is 3.12. The van der Waals surface area contributed by atoms with Gasteiger partial charge in [0.15, 0.2) is 0 Å². The summed E-state index contributed by atoms with van der Waals surface area (Å²) in [5.41, 5.74) is 5.04. The Labute approximate surface area is 192 Å². The van der Waals surface area contributed by atoms with Gasteiger partial charge in [0.05, 0.1) is 36.0 Å². The Morgan fingerprint density at radius 1 is 1.06 bits per heavy atom. The summed E-state index contributed by atoms with van der Waals surface area (Å²) in [5.74, 6) is -0.943. The van der Waals surface area contributed by atoms with E-state index in [-0.39, 0.29) is 12.3 Å². The van der Waals surface area contributed by atoms with Crippen LogP contribution in [0.1, 0.15) is 43.9 Å². The lowest BCUT2D eigenvalue weighted by molar-refractivity contribution is -0.139. The van der Waals surface area contributed by atoms with Gasteiger partial charge < -0.3 is 15.3 Å². The minimum Gasteiger partial charge on any atom is -0.481 e. The Kier molecular flexibility index (Phi) is 6.58. The maximum absolute atomic E-state index is 10.8. The van der Waals surface area contributed by atoms with Crippen molar-refractivity contribution in [2.75, 3.05) is 0 Å². The number of carboxylic acid groups (broad SMARTS) is 1. The number of rotatable bonds is 8. The van der Waals surface area contributed by atoms with Gasteiger partial charge in [0.1, 0.15) is 0 Å². The molecule has 2 aromatic heterocycles. The number of fused-ring (bicyclic) bond motifs is 3. The first-order valence-electron chi connectivity index (χ1n) is 11.1. The zero-order chi connectivity index (χ0) is 23.5. The Morgan fingerprint density at radius 3 is 2.45 bits per heavy atom. The highest BCUT2D eigenvalue weighted by molar-refractivity contribution is 6.06. The zero-order valence-electron chi connectivity index (χ0n) is 18.7. The SMILES string of the molecule is CC(C)c1c(/C=C/C(O)CC(O)CC(=O)O)c(-c2ccccc2)c2c3ccccc3cnn12. The van der Waals surface area contributed by atoms with Gasteiger partial charge in [-0.05, 0) is 11.5 Å². The smallest absolute Gasteiger partial charge is 0.305 e. The fourth-order valence-corrected chi connectivity index (χ4v) is 4.38. The molecule has 0 spiro atoms. The van der Waals surface area contributed by atoms with Gasteiger partial charge in [0.2, 0.25) is 0 Å². The summed E-state index contributed by atoms with van der Waals surface area (Å²) in [7, 11) is 0. The maximum atomic E-state index is 10.8. The van der Waals surface area contributed by atoms with Crippen LogP contribution < -0.4 is 0 Å². The van der Waals surface area contributed by atoms with Crippen molar-refractivity contribution in [3.63, 3.8) is 0 Å². The fraction of sp³-hybridized carbons (Fsp3) is 0.259. The summed E-state index contributed by atoms with van der Waals surface area (Å²) in [5, 5.41) is 36.1. The lowest BCUT2D eigenvalue weighted by Crippen LogP contribution is -2.19. The van der Waals surface area contributed by atoms with E-state index in [1.165, 1.54) is 0 Å². The van der Waals surface area contributed by atoms with E-state index in [0.717, 1.165) is 38.7 Å². The van der Waals surface area contributed by atoms with Crippen molar-refractivity contribution in [2.24, 2.45) is 0 Å². The number of carboxylic acids is 1. The average molecular weight is 445 g/mol. The first-order chi connectivity index (χ1) is 15.9. The second-order valence-electron chi connectivity index (χ2n) is 8.60. The molecule has 2 atom stereocenters. The molecule has 2 unspecified atom stereocenters. The maximum Gasteiger partial charge on any atom is 0.305 e. The molecular formula is C27H28N2O4. The predicted octanol–water partition coefficient (Wildman–Crippen LogP) is 4.88. The quantitative estimate of drug-likeness (QED) is 0.360. The summed E-state index contributed by atoms with van der Waals surface area (Å²) >= 11 is 0. The molecule has 0 fully saturated rings. The van der Waals surface area contributed by atoms with Gasteiger partial charge in [-0.25, -0.2) is 4.52 Å². The van der Waals surface area contributed by atoms with Crippen LogP contribution in [0.25, 0.3) is 33.5 Å². The molecule has 0 amide bonds. The third-order valence-corrected chi connectivity index (χ3v) is 5.77. The lowest BCUT2D eigenvalue weighted by atomic mass is 9.95. The normalized spacial score (nSPS) is 13.8. The summed E-state index contributed by atoms with van der Waals surface area (Å²) in [6.07, 6.45) is 2.83. The van der Waals surface area contributed by atoms with Crippen LogP contribution in [0.3, 0.4) is 0 Å². The topological polar surface area (TPSA) is 95.1 Å². The molecule has 170 valence electrons. The largest absolute Gasteiger partial charge is 0.481 e. The van der Waals surface area contributed by atoms with Crippen LogP contribution >= 0.6 is 0 Å². The molecule has 0 aliphatic carbocycles. The molecule has 0 saturated heterocycles. The Hall–Kier alpha value is -3.48. The fourth-order valence-electron chi connectivity index (χ4n) is 4.38. The van der Waals surface area contributed by atoms with Crippen molar-refractivity contribution in [3.8, 4) is 11.1 Å². The molecule has 6 nitrogen and oxygen atoms in total. The number of nitrogens with zero attached hydrogens (tertiary/aromatic N) is 2. The molecule has 0 aliphatic heterocycles. The molecule has 4 aromatic rings. The standard InChI is InChI=1S/C27H28N2O4/c1-17(2)26-23(13-12-20(30)14-21(31)15-24(32)33)25(18-8-4-3-5-9-18)27-22-11-7-6-10-19(22)16-28-29(26)27/h3-13,16-17,20-21,30-31H,14-15H2,1-2H3,(H,32,33)/b13-12+. The lowest BCUT2D eigenvalue weighted by Gasteiger charge is -2.12. The van der Waals surface area contributed by atoms with Gasteiger partial charge in [0, 0.05) is 28.3 Å². The van der Waals surface area contributed by atoms with Crippen LogP contribution in [0, 0.1) is 0 Å². The minimum atomic E-state index is -1.11. The van der Waals surface area contributed by atoms with Gasteiger partial charge >= 0.3 is 5.97 Å². The second-order valence-corrected chi connectivity index (χ2v) is 8.60. The molecule has 0 bridgehead atoms. The molecule has 33 heavy (non-hydrogen) atoms. The van der Waals surface area contributed by atoms with E-state index in [9.17, 15) is 15.0 Å². The third-order valence-electron chi connectivity index (χ3n) is 5.77. The van der Waals surface area contributed by atoms with Crippen molar-refractivity contribution in [3.05, 3.63) is 78.1 Å². The van der Waals surface area contributed by atoms with Crippen LogP contribution in [0.15, 0.2) is 66.9 Å². The van der Waals surface area contributed by atoms with E-state index in [1.54, 1.807) is 6.08 Å². The first-order valence-corrected chi connectivity index (χ1v) is 11.1. The second kappa shape index (κ2) is 9.57. The van der Waals surface area contributed by atoms with Gasteiger partial charge in [-0.15, -0.1) is 0 Å². The van der Waals surface area contributed by atoms with E-state index >= 15 is 0 Å². The molecule has 0 radical (unpaired) electrons. The van der Waals surface area contributed by atoms with Gasteiger partial charge in [0.25, 0.3) is 0 Å². The number of benzene rings is 2. The van der Waals surface area contributed by atoms with Gasteiger partial charge in [-0.3, -0.25) is 4.79 Å². The Morgan fingerprint density at radius 2 is 1.76 bits per heavy atom. The van der Waals surface area contributed by atoms with Crippen molar-refractivity contribution in [2.45, 2.75) is 44.8 Å². The Balaban J connectivity index is 1.92. The van der Waals surface area contributed by atoms with Crippen molar-refractivity contribution < 1.29 is 20.1 Å². The highest BCUT2D eigenvalue weighted by Crippen LogP contribution is 2.40. The first kappa shape index (κ1) is 22.7. The summed E-state index contributed by atoms with van der Waals surface area (Å²) in [4.78, 5) is 10.8. The molecule has 6 heteroatoms. The Bertz CT molecular complexity index is 1310. The van der Waals surface area contributed by atoms with E-state index in [2.05, 4.69) is 32.0 Å². The highest BCUT2D eigenvalue weighted by Gasteiger charge is 2.23. The highest BCUT2D eigenvalue weighted by atomic mass is 16.4. The van der Waals surface area contributed by atoms with Crippen molar-refractivity contribution in [1.82, 2.24) is 9.61 Å². The predicted molar refractivity (Wildman–Crippen MR) is 130 cm³/mol. The van der Waals surface area contributed by atoms with Crippen LogP contribution in [-0.4, -0.2) is 43.1 Å². The number of aromatic nitrogens is 2. The number of aliphatic hydroxyl groups excluding tert-OH is 2.